The number of aliphatic carboxylic acids is 3. The maximum Gasteiger partial charge on any atom is 0.326 e. The number of hydrogen-bond acceptors (Lipinski definition) is 7. The lowest BCUT2D eigenvalue weighted by Gasteiger charge is -2.26. The van der Waals surface area contributed by atoms with Gasteiger partial charge in [-0.15, -0.1) is 5.10 Å². The normalized spacial score (nSPS) is 12.2. The molecule has 0 aliphatic rings. The molecule has 2 atom stereocenters. The second kappa shape index (κ2) is 15.8. The van der Waals surface area contributed by atoms with Gasteiger partial charge >= 0.3 is 23.9 Å². The van der Waals surface area contributed by atoms with Crippen LogP contribution in [0.1, 0.15) is 54.6 Å². The number of amides is 3. The number of benzene rings is 1. The fourth-order valence-electron chi connectivity index (χ4n) is 3.72. The summed E-state index contributed by atoms with van der Waals surface area (Å²) in [6.45, 7) is -0.183. The van der Waals surface area contributed by atoms with E-state index in [0.717, 1.165) is 4.90 Å². The quantitative estimate of drug-likeness (QED) is 0.175. The van der Waals surface area contributed by atoms with Crippen LogP contribution in [0.4, 0.5) is 9.18 Å². The van der Waals surface area contributed by atoms with Crippen LogP contribution in [0, 0.1) is 0 Å². The molecule has 15 heteroatoms. The highest BCUT2D eigenvalue weighted by Crippen LogP contribution is 2.12. The lowest BCUT2D eigenvalue weighted by Crippen LogP contribution is -2.52. The predicted molar refractivity (Wildman–Crippen MR) is 138 cm³/mol. The zero-order valence-electron chi connectivity index (χ0n) is 22.0. The number of carbonyl (C=O) groups is 5. The number of halogens is 1. The predicted octanol–water partition coefficient (Wildman–Crippen LogP) is 1.48. The van der Waals surface area contributed by atoms with Crippen molar-refractivity contribution >= 4 is 29.8 Å². The van der Waals surface area contributed by atoms with Crippen molar-refractivity contribution in [1.29, 1.82) is 0 Å². The van der Waals surface area contributed by atoms with E-state index in [1.54, 1.807) is 30.5 Å². The summed E-state index contributed by atoms with van der Waals surface area (Å²) in [6.07, 6.45) is 2.50. The monoisotopic (exact) mass is 564 g/mol. The Morgan fingerprint density at radius 3 is 2.30 bits per heavy atom. The first-order valence-electron chi connectivity index (χ1n) is 12.6. The molecule has 2 rings (SSSR count). The van der Waals surface area contributed by atoms with Gasteiger partial charge in [0.25, 0.3) is 5.91 Å². The zero-order chi connectivity index (χ0) is 29.7. The number of aryl methyl sites for hydroxylation is 1. The summed E-state index contributed by atoms with van der Waals surface area (Å²) in [5.74, 6) is -4.28. The maximum absolute atomic E-state index is 12.4. The number of carboxylic acid groups (broad SMARTS) is 3. The number of aromatic nitrogens is 3. The minimum Gasteiger partial charge on any atom is -0.481 e. The van der Waals surface area contributed by atoms with Crippen LogP contribution in [0.3, 0.4) is 0 Å². The molecule has 0 aliphatic heterocycles. The molecule has 1 aromatic carbocycles. The Kier molecular flexibility index (Phi) is 12.5. The van der Waals surface area contributed by atoms with Crippen molar-refractivity contribution in [3.8, 4) is 5.69 Å². The highest BCUT2D eigenvalue weighted by atomic mass is 19.1. The van der Waals surface area contributed by atoms with Gasteiger partial charge in [-0.2, -0.15) is 0 Å². The molecule has 5 N–H and O–H groups in total. The van der Waals surface area contributed by atoms with Gasteiger partial charge in [-0.05, 0) is 62.8 Å². The number of nitrogens with zero attached hydrogens (tertiary/aromatic N) is 4. The summed E-state index contributed by atoms with van der Waals surface area (Å²) in [5.41, 5.74) is 1.74. The molecule has 1 aromatic heterocycles. The fraction of sp³-hybridized carbons (Fsp3) is 0.480. The molecule has 40 heavy (non-hydrogen) atoms. The topological polar surface area (TPSA) is 204 Å². The van der Waals surface area contributed by atoms with E-state index >= 15 is 0 Å². The number of urea groups is 1. The van der Waals surface area contributed by atoms with Crippen LogP contribution in [-0.2, 0) is 20.8 Å². The van der Waals surface area contributed by atoms with Crippen LogP contribution in [0.5, 0.6) is 0 Å². The van der Waals surface area contributed by atoms with Gasteiger partial charge in [0.15, 0.2) is 0 Å². The Morgan fingerprint density at radius 1 is 1.00 bits per heavy atom. The smallest absolute Gasteiger partial charge is 0.326 e. The highest BCUT2D eigenvalue weighted by Gasteiger charge is 2.29. The van der Waals surface area contributed by atoms with Crippen molar-refractivity contribution in [2.24, 2.45) is 0 Å². The van der Waals surface area contributed by atoms with Gasteiger partial charge in [0.1, 0.15) is 12.1 Å². The number of nitrogens with one attached hydrogen (secondary N) is 2. The molecule has 0 spiro atoms. The fourth-order valence-corrected chi connectivity index (χ4v) is 3.72. The zero-order valence-corrected chi connectivity index (χ0v) is 22.0. The van der Waals surface area contributed by atoms with Gasteiger partial charge in [-0.1, -0.05) is 5.21 Å². The molecule has 14 nitrogen and oxygen atoms in total. The third kappa shape index (κ3) is 9.96. The largest absolute Gasteiger partial charge is 0.481 e. The van der Waals surface area contributed by atoms with Crippen molar-refractivity contribution in [3.63, 3.8) is 0 Å². The Hall–Kier alpha value is -4.56. The molecule has 0 fully saturated rings. The van der Waals surface area contributed by atoms with Crippen LogP contribution in [0.15, 0.2) is 30.5 Å². The van der Waals surface area contributed by atoms with E-state index in [-0.39, 0.29) is 25.3 Å². The van der Waals surface area contributed by atoms with Gasteiger partial charge in [-0.3, -0.25) is 14.0 Å². The van der Waals surface area contributed by atoms with E-state index in [0.29, 0.717) is 42.6 Å². The van der Waals surface area contributed by atoms with Crippen LogP contribution in [-0.4, -0.2) is 97.4 Å². The number of carboxylic acids is 3. The van der Waals surface area contributed by atoms with E-state index in [1.165, 1.54) is 11.7 Å². The first-order valence-corrected chi connectivity index (χ1v) is 12.6. The van der Waals surface area contributed by atoms with Crippen molar-refractivity contribution < 1.29 is 43.7 Å². The summed E-state index contributed by atoms with van der Waals surface area (Å²) in [5, 5.41) is 40.3. The molecule has 1 heterocycles. The molecule has 0 saturated carbocycles. The Morgan fingerprint density at radius 2 is 1.70 bits per heavy atom. The summed E-state index contributed by atoms with van der Waals surface area (Å²) in [6, 6.07) is 2.92. The average Bonchev–Trinajstić information content (AvgIpc) is 3.39. The Balaban J connectivity index is 1.80. The van der Waals surface area contributed by atoms with Crippen molar-refractivity contribution in [2.45, 2.75) is 57.0 Å². The number of alkyl halides is 1. The lowest BCUT2D eigenvalue weighted by atomic mass is 10.1. The molecule has 218 valence electrons. The third-order valence-corrected chi connectivity index (χ3v) is 6.01. The SMILES string of the molecule is CN(C(=O)NC(CCC(=O)O)C(=O)O)[C@@H](CCCCNC(=O)c1ccc(-n2cc(CCCF)nn2)cc1)C(=O)O. The molecular formula is C25H33FN6O8. The second-order valence-corrected chi connectivity index (χ2v) is 8.98. The summed E-state index contributed by atoms with van der Waals surface area (Å²) in [4.78, 5) is 59.4. The number of unbranched alkanes of at least 4 members (excludes halogenated alkanes) is 1. The maximum atomic E-state index is 12.4. The van der Waals surface area contributed by atoms with Gasteiger partial charge in [0, 0.05) is 25.6 Å². The van der Waals surface area contributed by atoms with Crippen LogP contribution in [0.25, 0.3) is 5.69 Å². The van der Waals surface area contributed by atoms with E-state index in [9.17, 15) is 38.6 Å². The molecule has 1 unspecified atom stereocenters. The standard InChI is InChI=1S/C25H33FN6O8/c1-31(25(40)28-19(23(36)37)11-12-21(33)34)20(24(38)39)6-2-3-14-27-22(35)16-7-9-18(10-8-16)32-15-17(29-30-32)5-4-13-26/h7-10,15,19-20H,2-6,11-14H2,1H3,(H,27,35)(H,28,40)(H,33,34)(H,36,37)(H,38,39)/t19?,20-/m0/s1. The molecule has 2 aromatic rings. The summed E-state index contributed by atoms with van der Waals surface area (Å²) in [7, 11) is 1.21. The lowest BCUT2D eigenvalue weighted by molar-refractivity contribution is -0.142. The van der Waals surface area contributed by atoms with E-state index in [1.807, 2.05) is 0 Å². The summed E-state index contributed by atoms with van der Waals surface area (Å²) >= 11 is 0. The number of rotatable bonds is 17. The molecule has 0 bridgehead atoms. The molecule has 0 saturated heterocycles. The van der Waals surface area contributed by atoms with Crippen LogP contribution in [0.2, 0.25) is 0 Å². The molecule has 3 amide bonds. The van der Waals surface area contributed by atoms with Gasteiger partial charge in [-0.25, -0.2) is 19.1 Å². The highest BCUT2D eigenvalue weighted by molar-refractivity contribution is 5.94. The van der Waals surface area contributed by atoms with E-state index in [2.05, 4.69) is 20.9 Å². The molecular weight excluding hydrogens is 531 g/mol. The first kappa shape index (κ1) is 31.7. The number of hydrogen-bond donors (Lipinski definition) is 5. The van der Waals surface area contributed by atoms with E-state index in [4.69, 9.17) is 5.11 Å². The van der Waals surface area contributed by atoms with Crippen molar-refractivity contribution in [3.05, 3.63) is 41.7 Å². The van der Waals surface area contributed by atoms with Gasteiger partial charge in [0.05, 0.1) is 24.3 Å². The average molecular weight is 565 g/mol. The third-order valence-electron chi connectivity index (χ3n) is 6.01. The second-order valence-electron chi connectivity index (χ2n) is 8.98. The number of likely N-dealkylation sites (N-methyl/N-ethyl adjacent to an activating group) is 1. The van der Waals surface area contributed by atoms with Crippen molar-refractivity contribution in [1.82, 2.24) is 30.5 Å². The Bertz CT molecular complexity index is 1170. The Labute approximate surface area is 229 Å². The number of carbonyl (C=O) groups excluding carboxylic acids is 2. The first-order chi connectivity index (χ1) is 19.0. The van der Waals surface area contributed by atoms with Crippen LogP contribution >= 0.6 is 0 Å². The van der Waals surface area contributed by atoms with Crippen molar-refractivity contribution in [2.75, 3.05) is 20.3 Å². The van der Waals surface area contributed by atoms with Gasteiger partial charge < -0.3 is 30.9 Å². The molecule has 0 radical (unpaired) electrons. The molecule has 0 aliphatic carbocycles. The van der Waals surface area contributed by atoms with E-state index < -0.39 is 49.1 Å². The minimum atomic E-state index is -1.48. The van der Waals surface area contributed by atoms with Crippen LogP contribution < -0.4 is 10.6 Å². The summed E-state index contributed by atoms with van der Waals surface area (Å²) < 4.78 is 13.9. The minimum absolute atomic E-state index is 0.0436. The van der Waals surface area contributed by atoms with Gasteiger partial charge in [0.2, 0.25) is 0 Å².